The first-order chi connectivity index (χ1) is 9.78. The van der Waals surface area contributed by atoms with E-state index in [1.165, 1.54) is 34.6 Å². The van der Waals surface area contributed by atoms with Crippen LogP contribution >= 0.6 is 0 Å². The molecule has 0 heterocycles. The molecule has 0 aliphatic rings. The van der Waals surface area contributed by atoms with Gasteiger partial charge in [-0.15, -0.1) is 0 Å². The minimum absolute atomic E-state index is 0.0284. The third-order valence-corrected chi connectivity index (χ3v) is 4.89. The highest BCUT2D eigenvalue weighted by Gasteiger charge is 2.26. The molecule has 0 saturated heterocycles. The quantitative estimate of drug-likeness (QED) is 0.737. The molecule has 0 aliphatic carbocycles. The summed E-state index contributed by atoms with van der Waals surface area (Å²) in [6, 6.07) is 5.63. The lowest BCUT2D eigenvalue weighted by Gasteiger charge is -2.25. The van der Waals surface area contributed by atoms with Crippen LogP contribution in [-0.2, 0) is 14.8 Å². The van der Waals surface area contributed by atoms with Crippen molar-refractivity contribution < 1.29 is 23.4 Å². The summed E-state index contributed by atoms with van der Waals surface area (Å²) in [5.74, 6) is -1.07. The van der Waals surface area contributed by atoms with Crippen LogP contribution in [0.3, 0.4) is 0 Å². The molecule has 116 valence electrons. The summed E-state index contributed by atoms with van der Waals surface area (Å²) >= 11 is 0. The lowest BCUT2D eigenvalue weighted by Crippen LogP contribution is -2.38. The molecular formula is C14H19NO5S. The number of nitrogens with zero attached hydrogens (tertiary/aromatic N) is 1. The van der Waals surface area contributed by atoms with Crippen LogP contribution in [0.4, 0.5) is 0 Å². The molecule has 0 amide bonds. The molecule has 0 bridgehead atoms. The molecule has 0 atom stereocenters. The fraction of sp³-hybridized carbons (Fsp3) is 0.357. The van der Waals surface area contributed by atoms with E-state index in [9.17, 15) is 13.2 Å². The van der Waals surface area contributed by atoms with E-state index in [1.54, 1.807) is 13.8 Å². The summed E-state index contributed by atoms with van der Waals surface area (Å²) in [7, 11) is -3.68. The Morgan fingerprint density at radius 3 is 2.29 bits per heavy atom. The number of carboxylic acids is 1. The molecule has 0 saturated carbocycles. The Morgan fingerprint density at radius 1 is 1.29 bits per heavy atom. The summed E-state index contributed by atoms with van der Waals surface area (Å²) in [6.07, 6.45) is 2.36. The van der Waals surface area contributed by atoms with Gasteiger partial charge in [0.15, 0.2) is 0 Å². The second-order valence-corrected chi connectivity index (χ2v) is 6.56. The number of hydrogen-bond donors (Lipinski definition) is 2. The summed E-state index contributed by atoms with van der Waals surface area (Å²) in [5.41, 5.74) is 0.592. The van der Waals surface area contributed by atoms with E-state index < -0.39 is 16.0 Å². The second-order valence-electron chi connectivity index (χ2n) is 4.67. The van der Waals surface area contributed by atoms with Gasteiger partial charge in [-0.1, -0.05) is 12.1 Å². The Kier molecular flexibility index (Phi) is 6.07. The Labute approximate surface area is 124 Å². The Hall–Kier alpha value is -1.70. The Morgan fingerprint density at radius 2 is 1.86 bits per heavy atom. The molecule has 2 N–H and O–H groups in total. The predicted octanol–water partition coefficient (Wildman–Crippen LogP) is 1.18. The van der Waals surface area contributed by atoms with Gasteiger partial charge >= 0.3 is 5.97 Å². The van der Waals surface area contributed by atoms with Crippen LogP contribution in [0, 0.1) is 0 Å². The first kappa shape index (κ1) is 17.4. The van der Waals surface area contributed by atoms with Gasteiger partial charge < -0.3 is 10.2 Å². The Bertz CT molecular complexity index is 605. The van der Waals surface area contributed by atoms with Gasteiger partial charge in [0.1, 0.15) is 0 Å². The van der Waals surface area contributed by atoms with Crippen molar-refractivity contribution in [3.8, 4) is 0 Å². The van der Waals surface area contributed by atoms with Crippen LogP contribution in [-0.4, -0.2) is 48.1 Å². The molecule has 1 aromatic carbocycles. The molecule has 7 heteroatoms. The van der Waals surface area contributed by atoms with E-state index in [2.05, 4.69) is 0 Å². The van der Waals surface area contributed by atoms with Crippen LogP contribution in [0.2, 0.25) is 0 Å². The minimum Gasteiger partial charge on any atom is -0.478 e. The maximum absolute atomic E-state index is 12.4. The van der Waals surface area contributed by atoms with Crippen LogP contribution in [0.25, 0.3) is 6.08 Å². The molecule has 0 fully saturated rings. The molecule has 0 radical (unpaired) electrons. The summed E-state index contributed by atoms with van der Waals surface area (Å²) in [6.45, 7) is 3.24. The number of hydrogen-bond acceptors (Lipinski definition) is 4. The van der Waals surface area contributed by atoms with Gasteiger partial charge in [0.25, 0.3) is 0 Å². The number of aliphatic hydroxyl groups excluding tert-OH is 1. The molecule has 1 rings (SSSR count). The zero-order valence-electron chi connectivity index (χ0n) is 11.9. The van der Waals surface area contributed by atoms with Gasteiger partial charge in [0.2, 0.25) is 10.0 Å². The zero-order chi connectivity index (χ0) is 16.0. The molecule has 0 aromatic heterocycles. The molecule has 1 aromatic rings. The topological polar surface area (TPSA) is 94.9 Å². The first-order valence-electron chi connectivity index (χ1n) is 6.43. The summed E-state index contributed by atoms with van der Waals surface area (Å²) in [4.78, 5) is 10.5. The molecule has 21 heavy (non-hydrogen) atoms. The van der Waals surface area contributed by atoms with Crippen molar-refractivity contribution in [2.24, 2.45) is 0 Å². The standard InChI is InChI=1S/C14H19NO5S/c1-11(2)15(9-10-16)21(19,20)13-6-3-12(4-7-13)5-8-14(17)18/h3-8,11,16H,9-10H2,1-2H3,(H,17,18)/b8-5+. The number of sulfonamides is 1. The summed E-state index contributed by atoms with van der Waals surface area (Å²) < 4.78 is 26.1. The Balaban J connectivity index is 3.06. The predicted molar refractivity (Wildman–Crippen MR) is 79.2 cm³/mol. The molecule has 0 unspecified atom stereocenters. The zero-order valence-corrected chi connectivity index (χ0v) is 12.7. The largest absolute Gasteiger partial charge is 0.478 e. The highest BCUT2D eigenvalue weighted by atomic mass is 32.2. The minimum atomic E-state index is -3.68. The van der Waals surface area contributed by atoms with Gasteiger partial charge in [-0.05, 0) is 37.6 Å². The van der Waals surface area contributed by atoms with Crippen molar-refractivity contribution in [2.75, 3.05) is 13.2 Å². The van der Waals surface area contributed by atoms with Gasteiger partial charge in [-0.25, -0.2) is 13.2 Å². The molecule has 0 aliphatic heterocycles. The van der Waals surface area contributed by atoms with Crippen molar-refractivity contribution in [2.45, 2.75) is 24.8 Å². The molecular weight excluding hydrogens is 294 g/mol. The van der Waals surface area contributed by atoms with E-state index in [4.69, 9.17) is 10.2 Å². The van der Waals surface area contributed by atoms with Crippen LogP contribution in [0.5, 0.6) is 0 Å². The van der Waals surface area contributed by atoms with E-state index in [-0.39, 0.29) is 24.1 Å². The fourth-order valence-electron chi connectivity index (χ4n) is 1.81. The van der Waals surface area contributed by atoms with Gasteiger partial charge in [-0.2, -0.15) is 4.31 Å². The van der Waals surface area contributed by atoms with Gasteiger partial charge in [0.05, 0.1) is 11.5 Å². The number of carboxylic acid groups (broad SMARTS) is 1. The van der Waals surface area contributed by atoms with Crippen LogP contribution < -0.4 is 0 Å². The lowest BCUT2D eigenvalue weighted by molar-refractivity contribution is -0.131. The molecule has 0 spiro atoms. The third-order valence-electron chi connectivity index (χ3n) is 2.80. The maximum atomic E-state index is 12.4. The molecule has 6 nitrogen and oxygen atoms in total. The SMILES string of the molecule is CC(C)N(CCO)S(=O)(=O)c1ccc(/C=C/C(=O)O)cc1. The summed E-state index contributed by atoms with van der Waals surface area (Å²) in [5, 5.41) is 17.5. The third kappa shape index (κ3) is 4.66. The number of aliphatic hydroxyl groups is 1. The van der Waals surface area contributed by atoms with E-state index in [1.807, 2.05) is 0 Å². The van der Waals surface area contributed by atoms with Crippen molar-refractivity contribution in [1.82, 2.24) is 4.31 Å². The number of aliphatic carboxylic acids is 1. The average molecular weight is 313 g/mol. The van der Waals surface area contributed by atoms with Gasteiger partial charge in [-0.3, -0.25) is 0 Å². The first-order valence-corrected chi connectivity index (χ1v) is 7.87. The smallest absolute Gasteiger partial charge is 0.328 e. The van der Waals surface area contributed by atoms with E-state index in [0.717, 1.165) is 6.08 Å². The number of benzene rings is 1. The normalized spacial score (nSPS) is 12.4. The van der Waals surface area contributed by atoms with Crippen molar-refractivity contribution >= 4 is 22.1 Å². The van der Waals surface area contributed by atoms with E-state index in [0.29, 0.717) is 5.56 Å². The number of carbonyl (C=O) groups is 1. The highest BCUT2D eigenvalue weighted by Crippen LogP contribution is 2.19. The van der Waals surface area contributed by atoms with Crippen molar-refractivity contribution in [3.63, 3.8) is 0 Å². The monoisotopic (exact) mass is 313 g/mol. The van der Waals surface area contributed by atoms with Crippen molar-refractivity contribution in [3.05, 3.63) is 35.9 Å². The van der Waals surface area contributed by atoms with Crippen LogP contribution in [0.1, 0.15) is 19.4 Å². The van der Waals surface area contributed by atoms with Crippen molar-refractivity contribution in [1.29, 1.82) is 0 Å². The maximum Gasteiger partial charge on any atom is 0.328 e. The second kappa shape index (κ2) is 7.35. The van der Waals surface area contributed by atoms with Gasteiger partial charge in [0, 0.05) is 18.7 Å². The highest BCUT2D eigenvalue weighted by molar-refractivity contribution is 7.89. The average Bonchev–Trinajstić information content (AvgIpc) is 2.42. The van der Waals surface area contributed by atoms with Crippen LogP contribution in [0.15, 0.2) is 35.2 Å². The van der Waals surface area contributed by atoms with E-state index >= 15 is 0 Å². The fourth-order valence-corrected chi connectivity index (χ4v) is 3.44. The number of rotatable bonds is 7. The lowest BCUT2D eigenvalue weighted by atomic mass is 10.2.